The van der Waals surface area contributed by atoms with Crippen LogP contribution in [0.15, 0.2) is 18.2 Å². The van der Waals surface area contributed by atoms with Crippen LogP contribution in [0, 0.1) is 25.7 Å². The molecule has 1 saturated carbocycles. The van der Waals surface area contributed by atoms with Gasteiger partial charge in [0.1, 0.15) is 0 Å². The quantitative estimate of drug-likeness (QED) is 0.674. The SMILES string of the molecule is Cc1cccc(CC2CCC(C)CC2)c1C. The average molecular weight is 216 g/mol. The van der Waals surface area contributed by atoms with Crippen molar-refractivity contribution in [1.82, 2.24) is 0 Å². The minimum atomic E-state index is 0.941. The molecule has 0 atom stereocenters. The highest BCUT2D eigenvalue weighted by molar-refractivity contribution is 5.33. The maximum atomic E-state index is 2.40. The zero-order valence-corrected chi connectivity index (χ0v) is 10.9. The van der Waals surface area contributed by atoms with Crippen molar-refractivity contribution in [1.29, 1.82) is 0 Å². The molecule has 0 bridgehead atoms. The Labute approximate surface area is 100 Å². The lowest BCUT2D eigenvalue weighted by Gasteiger charge is -2.26. The Morgan fingerprint density at radius 1 is 1.06 bits per heavy atom. The molecular formula is C16H24. The third-order valence-corrected chi connectivity index (χ3v) is 4.36. The van der Waals surface area contributed by atoms with Crippen molar-refractivity contribution in [2.75, 3.05) is 0 Å². The van der Waals surface area contributed by atoms with Crippen LogP contribution in [0.2, 0.25) is 0 Å². The van der Waals surface area contributed by atoms with Crippen LogP contribution < -0.4 is 0 Å². The summed E-state index contributed by atoms with van der Waals surface area (Å²) in [6.45, 7) is 6.89. The van der Waals surface area contributed by atoms with Gasteiger partial charge in [-0.15, -0.1) is 0 Å². The molecule has 0 saturated heterocycles. The highest BCUT2D eigenvalue weighted by Crippen LogP contribution is 2.31. The van der Waals surface area contributed by atoms with E-state index in [1.807, 2.05) is 0 Å². The Bertz CT molecular complexity index is 343. The molecule has 16 heavy (non-hydrogen) atoms. The summed E-state index contributed by atoms with van der Waals surface area (Å²) in [5.74, 6) is 1.91. The van der Waals surface area contributed by atoms with Crippen LogP contribution in [0.3, 0.4) is 0 Å². The Morgan fingerprint density at radius 3 is 2.44 bits per heavy atom. The van der Waals surface area contributed by atoms with E-state index in [0.717, 1.165) is 11.8 Å². The Morgan fingerprint density at radius 2 is 1.75 bits per heavy atom. The van der Waals surface area contributed by atoms with Crippen molar-refractivity contribution in [3.63, 3.8) is 0 Å². The summed E-state index contributed by atoms with van der Waals surface area (Å²) >= 11 is 0. The Hall–Kier alpha value is -0.780. The minimum absolute atomic E-state index is 0.941. The first-order valence-corrected chi connectivity index (χ1v) is 6.72. The van der Waals surface area contributed by atoms with E-state index in [2.05, 4.69) is 39.0 Å². The van der Waals surface area contributed by atoms with Gasteiger partial charge in [-0.3, -0.25) is 0 Å². The smallest absolute Gasteiger partial charge is 0.0248 e. The Kier molecular flexibility index (Phi) is 3.68. The monoisotopic (exact) mass is 216 g/mol. The van der Waals surface area contributed by atoms with Crippen molar-refractivity contribution in [3.8, 4) is 0 Å². The maximum Gasteiger partial charge on any atom is -0.0248 e. The first-order chi connectivity index (χ1) is 7.66. The molecule has 0 aliphatic heterocycles. The van der Waals surface area contributed by atoms with Gasteiger partial charge in [0.05, 0.1) is 0 Å². The third kappa shape index (κ3) is 2.66. The summed E-state index contributed by atoms with van der Waals surface area (Å²) < 4.78 is 0. The molecule has 0 heterocycles. The molecule has 0 spiro atoms. The molecule has 1 fully saturated rings. The first kappa shape index (κ1) is 11.7. The summed E-state index contributed by atoms with van der Waals surface area (Å²) in [5, 5.41) is 0. The van der Waals surface area contributed by atoms with E-state index in [4.69, 9.17) is 0 Å². The fourth-order valence-electron chi connectivity index (χ4n) is 2.88. The van der Waals surface area contributed by atoms with Crippen molar-refractivity contribution >= 4 is 0 Å². The predicted molar refractivity (Wildman–Crippen MR) is 70.7 cm³/mol. The molecule has 0 N–H and O–H groups in total. The normalized spacial score (nSPS) is 25.7. The Balaban J connectivity index is 2.01. The molecule has 1 aromatic carbocycles. The second-order valence-corrected chi connectivity index (χ2v) is 5.69. The van der Waals surface area contributed by atoms with Gasteiger partial charge in [0.15, 0.2) is 0 Å². The van der Waals surface area contributed by atoms with Crippen LogP contribution in [0.1, 0.15) is 49.3 Å². The van der Waals surface area contributed by atoms with Gasteiger partial charge < -0.3 is 0 Å². The van der Waals surface area contributed by atoms with Crippen molar-refractivity contribution < 1.29 is 0 Å². The molecule has 2 rings (SSSR count). The maximum absolute atomic E-state index is 2.40. The van der Waals surface area contributed by atoms with Gasteiger partial charge in [-0.05, 0) is 61.6 Å². The third-order valence-electron chi connectivity index (χ3n) is 4.36. The van der Waals surface area contributed by atoms with Crippen LogP contribution in [-0.2, 0) is 6.42 Å². The van der Waals surface area contributed by atoms with Gasteiger partial charge in [0.25, 0.3) is 0 Å². The highest BCUT2D eigenvalue weighted by atomic mass is 14.2. The van der Waals surface area contributed by atoms with Crippen molar-refractivity contribution in [3.05, 3.63) is 34.9 Å². The van der Waals surface area contributed by atoms with Gasteiger partial charge in [-0.1, -0.05) is 38.0 Å². The molecule has 88 valence electrons. The molecule has 0 heteroatoms. The van der Waals surface area contributed by atoms with Crippen molar-refractivity contribution in [2.24, 2.45) is 11.8 Å². The number of hydrogen-bond donors (Lipinski definition) is 0. The van der Waals surface area contributed by atoms with E-state index < -0.39 is 0 Å². The lowest BCUT2D eigenvalue weighted by molar-refractivity contribution is 0.288. The molecule has 0 amide bonds. The standard InChI is InChI=1S/C16H24/c1-12-7-9-15(10-8-12)11-16-6-4-5-13(2)14(16)3/h4-6,12,15H,7-11H2,1-3H3. The number of aryl methyl sites for hydroxylation is 1. The average Bonchev–Trinajstić information content (AvgIpc) is 2.28. The second kappa shape index (κ2) is 5.03. The lowest BCUT2D eigenvalue weighted by Crippen LogP contribution is -2.15. The minimum Gasteiger partial charge on any atom is -0.0625 e. The molecule has 1 aromatic rings. The molecular weight excluding hydrogens is 192 g/mol. The zero-order chi connectivity index (χ0) is 11.5. The van der Waals surface area contributed by atoms with Crippen LogP contribution in [0.4, 0.5) is 0 Å². The summed E-state index contributed by atoms with van der Waals surface area (Å²) in [6, 6.07) is 6.76. The van der Waals surface area contributed by atoms with E-state index in [9.17, 15) is 0 Å². The van der Waals surface area contributed by atoms with Crippen molar-refractivity contribution in [2.45, 2.75) is 52.9 Å². The largest absolute Gasteiger partial charge is 0.0625 e. The molecule has 0 aromatic heterocycles. The molecule has 0 unspecified atom stereocenters. The fraction of sp³-hybridized carbons (Fsp3) is 0.625. The van der Waals surface area contributed by atoms with Gasteiger partial charge in [0.2, 0.25) is 0 Å². The second-order valence-electron chi connectivity index (χ2n) is 5.69. The van der Waals surface area contributed by atoms with Gasteiger partial charge in [0, 0.05) is 0 Å². The van der Waals surface area contributed by atoms with Crippen LogP contribution >= 0.6 is 0 Å². The van der Waals surface area contributed by atoms with E-state index >= 15 is 0 Å². The van der Waals surface area contributed by atoms with Crippen LogP contribution in [0.25, 0.3) is 0 Å². The van der Waals surface area contributed by atoms with E-state index in [1.165, 1.54) is 43.2 Å². The number of benzene rings is 1. The number of rotatable bonds is 2. The summed E-state index contributed by atoms with van der Waals surface area (Å²) in [5.41, 5.74) is 4.54. The van der Waals surface area contributed by atoms with Gasteiger partial charge in [-0.2, -0.15) is 0 Å². The van der Waals surface area contributed by atoms with Crippen LogP contribution in [0.5, 0.6) is 0 Å². The lowest BCUT2D eigenvalue weighted by atomic mass is 9.79. The van der Waals surface area contributed by atoms with E-state index in [0.29, 0.717) is 0 Å². The fourth-order valence-corrected chi connectivity index (χ4v) is 2.88. The first-order valence-electron chi connectivity index (χ1n) is 6.72. The highest BCUT2D eigenvalue weighted by Gasteiger charge is 2.18. The molecule has 1 aliphatic carbocycles. The summed E-state index contributed by atoms with van der Waals surface area (Å²) in [4.78, 5) is 0. The van der Waals surface area contributed by atoms with E-state index in [1.54, 1.807) is 5.56 Å². The van der Waals surface area contributed by atoms with E-state index in [-0.39, 0.29) is 0 Å². The molecule has 1 aliphatic rings. The van der Waals surface area contributed by atoms with Gasteiger partial charge in [-0.25, -0.2) is 0 Å². The topological polar surface area (TPSA) is 0 Å². The summed E-state index contributed by atoms with van der Waals surface area (Å²) in [6.07, 6.45) is 7.06. The zero-order valence-electron chi connectivity index (χ0n) is 10.9. The summed E-state index contributed by atoms with van der Waals surface area (Å²) in [7, 11) is 0. The van der Waals surface area contributed by atoms with Gasteiger partial charge >= 0.3 is 0 Å². The predicted octanol–water partition coefficient (Wildman–Crippen LogP) is 4.67. The number of hydrogen-bond acceptors (Lipinski definition) is 0. The molecule has 0 radical (unpaired) electrons. The van der Waals surface area contributed by atoms with Crippen LogP contribution in [-0.4, -0.2) is 0 Å². The molecule has 0 nitrogen and oxygen atoms in total.